The van der Waals surface area contributed by atoms with Gasteiger partial charge in [0.1, 0.15) is 0 Å². The van der Waals surface area contributed by atoms with Crippen molar-refractivity contribution in [1.82, 2.24) is 9.21 Å². The Morgan fingerprint density at radius 1 is 1.00 bits per heavy atom. The Labute approximate surface area is 203 Å². The van der Waals surface area contributed by atoms with Crippen molar-refractivity contribution in [2.24, 2.45) is 0 Å². The van der Waals surface area contributed by atoms with Gasteiger partial charge in [-0.25, -0.2) is 8.42 Å². The van der Waals surface area contributed by atoms with Crippen LogP contribution in [0.5, 0.6) is 0 Å². The molecule has 7 nitrogen and oxygen atoms in total. The normalized spacial score (nSPS) is 17.7. The maximum absolute atomic E-state index is 13.2. The SMILES string of the molecule is CN(Cc1ccc(N2CCOCC2)cc1)C(=O)c1cccc(S(=O)(=O)N(C)C2CCCCC2)c1. The summed E-state index contributed by atoms with van der Waals surface area (Å²) >= 11 is 0. The van der Waals surface area contributed by atoms with E-state index in [9.17, 15) is 13.2 Å². The fourth-order valence-corrected chi connectivity index (χ4v) is 6.26. The van der Waals surface area contributed by atoms with Gasteiger partial charge < -0.3 is 14.5 Å². The Kier molecular flexibility index (Phi) is 7.91. The monoisotopic (exact) mass is 485 g/mol. The molecule has 1 aliphatic heterocycles. The van der Waals surface area contributed by atoms with Gasteiger partial charge in [0.05, 0.1) is 18.1 Å². The summed E-state index contributed by atoms with van der Waals surface area (Å²) in [5.41, 5.74) is 2.56. The number of amides is 1. The van der Waals surface area contributed by atoms with Crippen LogP contribution >= 0.6 is 0 Å². The van der Waals surface area contributed by atoms with Crippen molar-refractivity contribution in [3.8, 4) is 0 Å². The van der Waals surface area contributed by atoms with E-state index in [0.717, 1.165) is 69.7 Å². The molecule has 0 spiro atoms. The second kappa shape index (κ2) is 10.9. The van der Waals surface area contributed by atoms with Crippen molar-refractivity contribution >= 4 is 21.6 Å². The second-order valence-electron chi connectivity index (χ2n) is 9.27. The van der Waals surface area contributed by atoms with Gasteiger partial charge in [-0.05, 0) is 48.7 Å². The molecule has 1 saturated heterocycles. The average Bonchev–Trinajstić information content (AvgIpc) is 2.89. The molecule has 184 valence electrons. The molecule has 1 heterocycles. The molecule has 4 rings (SSSR count). The van der Waals surface area contributed by atoms with Crippen LogP contribution in [-0.2, 0) is 21.3 Å². The molecule has 2 aromatic rings. The van der Waals surface area contributed by atoms with Crippen LogP contribution in [-0.4, -0.2) is 70.0 Å². The summed E-state index contributed by atoms with van der Waals surface area (Å²) in [7, 11) is -0.243. The lowest BCUT2D eigenvalue weighted by Crippen LogP contribution is -2.38. The number of anilines is 1. The summed E-state index contributed by atoms with van der Waals surface area (Å²) in [5.74, 6) is -0.199. The topological polar surface area (TPSA) is 70.2 Å². The molecule has 0 atom stereocenters. The van der Waals surface area contributed by atoms with E-state index in [0.29, 0.717) is 12.1 Å². The number of rotatable bonds is 7. The molecule has 2 aromatic carbocycles. The number of benzene rings is 2. The van der Waals surface area contributed by atoms with Gasteiger partial charge in [-0.2, -0.15) is 4.31 Å². The zero-order chi connectivity index (χ0) is 24.1. The molecule has 2 aliphatic rings. The minimum atomic E-state index is -3.65. The molecule has 0 N–H and O–H groups in total. The fraction of sp³-hybridized carbons (Fsp3) is 0.500. The number of sulfonamides is 1. The lowest BCUT2D eigenvalue weighted by Gasteiger charge is -2.30. The Balaban J connectivity index is 1.43. The minimum absolute atomic E-state index is 0.0289. The first-order valence-corrected chi connectivity index (χ1v) is 13.6. The van der Waals surface area contributed by atoms with Gasteiger partial charge in [-0.1, -0.05) is 37.5 Å². The van der Waals surface area contributed by atoms with E-state index in [-0.39, 0.29) is 16.8 Å². The first kappa shape index (κ1) is 24.7. The van der Waals surface area contributed by atoms with Crippen molar-refractivity contribution in [3.05, 3.63) is 59.7 Å². The summed E-state index contributed by atoms with van der Waals surface area (Å²) < 4.78 is 33.3. The number of carbonyl (C=O) groups is 1. The molecule has 0 radical (unpaired) electrons. The minimum Gasteiger partial charge on any atom is -0.378 e. The van der Waals surface area contributed by atoms with Crippen LogP contribution in [0.4, 0.5) is 5.69 Å². The highest BCUT2D eigenvalue weighted by molar-refractivity contribution is 7.89. The highest BCUT2D eigenvalue weighted by atomic mass is 32.2. The highest BCUT2D eigenvalue weighted by Gasteiger charge is 2.29. The molecule has 34 heavy (non-hydrogen) atoms. The molecule has 1 amide bonds. The third kappa shape index (κ3) is 5.62. The Bertz CT molecular complexity index is 1080. The van der Waals surface area contributed by atoms with E-state index in [4.69, 9.17) is 4.74 Å². The predicted molar refractivity (Wildman–Crippen MR) is 134 cm³/mol. The highest BCUT2D eigenvalue weighted by Crippen LogP contribution is 2.27. The van der Waals surface area contributed by atoms with Gasteiger partial charge in [0, 0.05) is 51.0 Å². The smallest absolute Gasteiger partial charge is 0.253 e. The van der Waals surface area contributed by atoms with Gasteiger partial charge in [0.2, 0.25) is 10.0 Å². The van der Waals surface area contributed by atoms with Gasteiger partial charge >= 0.3 is 0 Å². The Morgan fingerprint density at radius 3 is 2.35 bits per heavy atom. The molecular weight excluding hydrogens is 450 g/mol. The Morgan fingerprint density at radius 2 is 1.68 bits per heavy atom. The zero-order valence-electron chi connectivity index (χ0n) is 20.2. The van der Waals surface area contributed by atoms with Crippen LogP contribution in [0.2, 0.25) is 0 Å². The molecule has 1 aliphatic carbocycles. The van der Waals surface area contributed by atoms with Crippen LogP contribution in [0.3, 0.4) is 0 Å². The largest absolute Gasteiger partial charge is 0.378 e. The first-order valence-electron chi connectivity index (χ1n) is 12.1. The number of morpholine rings is 1. The molecule has 1 saturated carbocycles. The standard InChI is InChI=1S/C26H35N3O4S/c1-27(20-21-11-13-24(14-12-21)29-15-17-33-18-16-29)26(30)22-7-6-10-25(19-22)34(31,32)28(2)23-8-4-3-5-9-23/h6-7,10-14,19,23H,3-5,8-9,15-18,20H2,1-2H3. The van der Waals surface area contributed by atoms with Crippen molar-refractivity contribution in [3.63, 3.8) is 0 Å². The van der Waals surface area contributed by atoms with E-state index in [1.807, 2.05) is 12.1 Å². The fourth-order valence-electron chi connectivity index (χ4n) is 4.80. The summed E-state index contributed by atoms with van der Waals surface area (Å²) in [6, 6.07) is 14.7. The second-order valence-corrected chi connectivity index (χ2v) is 11.3. The maximum atomic E-state index is 13.2. The van der Waals surface area contributed by atoms with Crippen molar-refractivity contribution in [1.29, 1.82) is 0 Å². The zero-order valence-corrected chi connectivity index (χ0v) is 21.0. The lowest BCUT2D eigenvalue weighted by atomic mass is 9.96. The summed E-state index contributed by atoms with van der Waals surface area (Å²) in [6.45, 7) is 3.69. The number of nitrogens with zero attached hydrogens (tertiary/aromatic N) is 3. The van der Waals surface area contributed by atoms with Crippen molar-refractivity contribution < 1.29 is 17.9 Å². The van der Waals surface area contributed by atoms with Crippen LogP contribution in [0.25, 0.3) is 0 Å². The van der Waals surface area contributed by atoms with E-state index in [2.05, 4.69) is 17.0 Å². The maximum Gasteiger partial charge on any atom is 0.253 e. The number of ether oxygens (including phenoxy) is 1. The van der Waals surface area contributed by atoms with Crippen molar-refractivity contribution in [2.75, 3.05) is 45.3 Å². The average molecular weight is 486 g/mol. The van der Waals surface area contributed by atoms with E-state index in [1.165, 1.54) is 10.4 Å². The van der Waals surface area contributed by atoms with Gasteiger partial charge in [0.15, 0.2) is 0 Å². The Hall–Kier alpha value is -2.42. The lowest BCUT2D eigenvalue weighted by molar-refractivity contribution is 0.0785. The van der Waals surface area contributed by atoms with Crippen LogP contribution in [0.15, 0.2) is 53.4 Å². The molecule has 2 fully saturated rings. The van der Waals surface area contributed by atoms with Gasteiger partial charge in [-0.15, -0.1) is 0 Å². The number of hydrogen-bond donors (Lipinski definition) is 0. The molecule has 8 heteroatoms. The van der Waals surface area contributed by atoms with Gasteiger partial charge in [-0.3, -0.25) is 4.79 Å². The van der Waals surface area contributed by atoms with Crippen LogP contribution in [0.1, 0.15) is 48.0 Å². The molecule has 0 aromatic heterocycles. The van der Waals surface area contributed by atoms with Crippen LogP contribution < -0.4 is 4.90 Å². The third-order valence-corrected chi connectivity index (χ3v) is 8.83. The molecule has 0 unspecified atom stereocenters. The van der Waals surface area contributed by atoms with E-state index in [1.54, 1.807) is 37.2 Å². The van der Waals surface area contributed by atoms with E-state index < -0.39 is 10.0 Å². The summed E-state index contributed by atoms with van der Waals surface area (Å²) in [6.07, 6.45) is 5.06. The number of carbonyl (C=O) groups excluding carboxylic acids is 1. The first-order chi connectivity index (χ1) is 16.4. The van der Waals surface area contributed by atoms with Gasteiger partial charge in [0.25, 0.3) is 5.91 Å². The molecular formula is C26H35N3O4S. The quantitative estimate of drug-likeness (QED) is 0.597. The molecule has 0 bridgehead atoms. The summed E-state index contributed by atoms with van der Waals surface area (Å²) in [4.78, 5) is 17.2. The van der Waals surface area contributed by atoms with Crippen LogP contribution in [0, 0.1) is 0 Å². The third-order valence-electron chi connectivity index (χ3n) is 6.93. The predicted octanol–water partition coefficient (Wildman–Crippen LogP) is 3.75. The summed E-state index contributed by atoms with van der Waals surface area (Å²) in [5, 5.41) is 0. The van der Waals surface area contributed by atoms with Crippen molar-refractivity contribution in [2.45, 2.75) is 49.6 Å². The number of hydrogen-bond acceptors (Lipinski definition) is 5. The van der Waals surface area contributed by atoms with E-state index >= 15 is 0 Å².